The van der Waals surface area contributed by atoms with Crippen LogP contribution in [0, 0.1) is 12.8 Å². The van der Waals surface area contributed by atoms with Gasteiger partial charge in [-0.1, -0.05) is 29.5 Å². The lowest BCUT2D eigenvalue weighted by atomic mass is 10.1. The van der Waals surface area contributed by atoms with Crippen molar-refractivity contribution in [3.8, 4) is 0 Å². The van der Waals surface area contributed by atoms with Crippen LogP contribution in [0.2, 0.25) is 0 Å². The van der Waals surface area contributed by atoms with Crippen molar-refractivity contribution < 1.29 is 13.2 Å². The number of hydrogen-bond donors (Lipinski definition) is 1. The lowest BCUT2D eigenvalue weighted by molar-refractivity contribution is -0.113. The van der Waals surface area contributed by atoms with Crippen molar-refractivity contribution in [2.24, 2.45) is 13.0 Å². The van der Waals surface area contributed by atoms with Crippen molar-refractivity contribution in [1.29, 1.82) is 0 Å². The molecule has 1 saturated heterocycles. The molecule has 26 heavy (non-hydrogen) atoms. The number of anilines is 1. The van der Waals surface area contributed by atoms with E-state index in [1.165, 1.54) is 11.8 Å². The highest BCUT2D eigenvalue weighted by Gasteiger charge is 2.29. The summed E-state index contributed by atoms with van der Waals surface area (Å²) in [5.74, 6) is 1.47. The van der Waals surface area contributed by atoms with Gasteiger partial charge < -0.3 is 9.88 Å². The summed E-state index contributed by atoms with van der Waals surface area (Å²) in [5, 5.41) is 11.8. The fourth-order valence-corrected chi connectivity index (χ4v) is 5.50. The summed E-state index contributed by atoms with van der Waals surface area (Å²) < 4.78 is 25.0. The molecule has 0 bridgehead atoms. The van der Waals surface area contributed by atoms with Crippen LogP contribution < -0.4 is 5.32 Å². The summed E-state index contributed by atoms with van der Waals surface area (Å²) >= 11 is 1.32. The van der Waals surface area contributed by atoms with E-state index in [0.29, 0.717) is 18.0 Å². The summed E-state index contributed by atoms with van der Waals surface area (Å²) in [6, 6.07) is 7.63. The average Bonchev–Trinajstić information content (AvgIpc) is 3.11. The Morgan fingerprint density at radius 3 is 2.69 bits per heavy atom. The third-order valence-electron chi connectivity index (χ3n) is 4.39. The number of carbonyl (C=O) groups is 1. The SMILES string of the molecule is Cc1ccc(NC(=O)CSc2nnc(C[C@@H]3CCS(=O)(=O)C3)n2C)cc1. The highest BCUT2D eigenvalue weighted by atomic mass is 32.2. The summed E-state index contributed by atoms with van der Waals surface area (Å²) in [7, 11) is -1.04. The molecule has 1 aliphatic heterocycles. The molecule has 2 aromatic rings. The zero-order valence-corrected chi connectivity index (χ0v) is 16.4. The number of benzene rings is 1. The fourth-order valence-electron chi connectivity index (χ4n) is 2.90. The third-order valence-corrected chi connectivity index (χ3v) is 7.25. The molecule has 1 aliphatic rings. The van der Waals surface area contributed by atoms with E-state index in [4.69, 9.17) is 0 Å². The van der Waals surface area contributed by atoms with Crippen LogP contribution in [0.3, 0.4) is 0 Å². The molecule has 1 aromatic carbocycles. The summed E-state index contributed by atoms with van der Waals surface area (Å²) in [6.07, 6.45) is 1.27. The van der Waals surface area contributed by atoms with Gasteiger partial charge in [0.05, 0.1) is 17.3 Å². The second kappa shape index (κ2) is 7.79. The number of aryl methyl sites for hydroxylation is 1. The molecule has 1 aromatic heterocycles. The maximum absolute atomic E-state index is 12.1. The van der Waals surface area contributed by atoms with Crippen molar-refractivity contribution in [3.05, 3.63) is 35.7 Å². The van der Waals surface area contributed by atoms with Crippen molar-refractivity contribution in [2.45, 2.75) is 24.9 Å². The molecule has 140 valence electrons. The largest absolute Gasteiger partial charge is 0.325 e. The van der Waals surface area contributed by atoms with Crippen LogP contribution in [0.25, 0.3) is 0 Å². The predicted octanol–water partition coefficient (Wildman–Crippen LogP) is 1.83. The van der Waals surface area contributed by atoms with Crippen molar-refractivity contribution >= 4 is 33.2 Å². The Morgan fingerprint density at radius 1 is 1.31 bits per heavy atom. The second-order valence-corrected chi connectivity index (χ2v) is 9.81. The molecular weight excluding hydrogens is 372 g/mol. The first kappa shape index (κ1) is 18.9. The number of aromatic nitrogens is 3. The predicted molar refractivity (Wildman–Crippen MR) is 102 cm³/mol. The number of amides is 1. The monoisotopic (exact) mass is 394 g/mol. The van der Waals surface area contributed by atoms with Gasteiger partial charge in [0.15, 0.2) is 15.0 Å². The van der Waals surface area contributed by atoms with Gasteiger partial charge in [0.1, 0.15) is 5.82 Å². The van der Waals surface area contributed by atoms with Crippen LogP contribution in [0.5, 0.6) is 0 Å². The molecule has 0 saturated carbocycles. The molecule has 2 heterocycles. The number of hydrogen-bond acceptors (Lipinski definition) is 6. The lowest BCUT2D eigenvalue weighted by Crippen LogP contribution is -2.14. The maximum atomic E-state index is 12.1. The molecule has 1 N–H and O–H groups in total. The molecule has 1 fully saturated rings. The van der Waals surface area contributed by atoms with Crippen molar-refractivity contribution in [1.82, 2.24) is 14.8 Å². The molecule has 0 radical (unpaired) electrons. The van der Waals surface area contributed by atoms with Crippen LogP contribution >= 0.6 is 11.8 Å². The summed E-state index contributed by atoms with van der Waals surface area (Å²) in [5.41, 5.74) is 1.90. The fraction of sp³-hybridized carbons (Fsp3) is 0.471. The zero-order chi connectivity index (χ0) is 18.7. The van der Waals surface area contributed by atoms with Crippen molar-refractivity contribution in [2.75, 3.05) is 22.6 Å². The van der Waals surface area contributed by atoms with E-state index in [0.717, 1.165) is 17.1 Å². The Balaban J connectivity index is 1.53. The van der Waals surface area contributed by atoms with Gasteiger partial charge in [-0.25, -0.2) is 8.42 Å². The number of carbonyl (C=O) groups excluding carboxylic acids is 1. The topological polar surface area (TPSA) is 94.0 Å². The van der Waals surface area contributed by atoms with E-state index < -0.39 is 9.84 Å². The lowest BCUT2D eigenvalue weighted by Gasteiger charge is -2.08. The summed E-state index contributed by atoms with van der Waals surface area (Å²) in [4.78, 5) is 12.1. The number of nitrogens with one attached hydrogen (secondary N) is 1. The molecule has 1 amide bonds. The minimum absolute atomic E-state index is 0.102. The van der Waals surface area contributed by atoms with Gasteiger partial charge in [0, 0.05) is 19.2 Å². The minimum Gasteiger partial charge on any atom is -0.325 e. The van der Waals surface area contributed by atoms with E-state index in [-0.39, 0.29) is 29.1 Å². The number of thioether (sulfide) groups is 1. The number of rotatable bonds is 6. The van der Waals surface area contributed by atoms with Crippen LogP contribution in [0.1, 0.15) is 17.8 Å². The van der Waals surface area contributed by atoms with Gasteiger partial charge in [-0.05, 0) is 31.4 Å². The highest BCUT2D eigenvalue weighted by Crippen LogP contribution is 2.23. The Hall–Kier alpha value is -1.87. The first-order chi connectivity index (χ1) is 12.3. The average molecular weight is 395 g/mol. The Morgan fingerprint density at radius 2 is 2.04 bits per heavy atom. The van der Waals surface area contributed by atoms with Gasteiger partial charge in [-0.3, -0.25) is 4.79 Å². The quantitative estimate of drug-likeness (QED) is 0.751. The molecule has 0 unspecified atom stereocenters. The number of nitrogens with zero attached hydrogens (tertiary/aromatic N) is 3. The molecule has 0 aliphatic carbocycles. The van der Waals surface area contributed by atoms with Crippen molar-refractivity contribution in [3.63, 3.8) is 0 Å². The van der Waals surface area contributed by atoms with Crippen LogP contribution in [-0.4, -0.2) is 46.3 Å². The Bertz CT molecular complexity index is 891. The van der Waals surface area contributed by atoms with Crippen LogP contribution in [-0.2, 0) is 28.1 Å². The molecular formula is C17H22N4O3S2. The summed E-state index contributed by atoms with van der Waals surface area (Å²) in [6.45, 7) is 1.99. The maximum Gasteiger partial charge on any atom is 0.234 e. The zero-order valence-electron chi connectivity index (χ0n) is 14.8. The van der Waals surface area contributed by atoms with E-state index in [9.17, 15) is 13.2 Å². The normalized spacial score (nSPS) is 18.8. The Labute approximate surface area is 157 Å². The van der Waals surface area contributed by atoms with E-state index in [1.807, 2.05) is 42.8 Å². The smallest absolute Gasteiger partial charge is 0.234 e. The molecule has 9 heteroatoms. The standard InChI is InChI=1S/C17H22N4O3S2/c1-12-3-5-14(6-4-12)18-16(22)10-25-17-20-19-15(21(17)2)9-13-7-8-26(23,24)11-13/h3-6,13H,7-11H2,1-2H3,(H,18,22)/t13-/m0/s1. The van der Waals surface area contributed by atoms with E-state index >= 15 is 0 Å². The Kier molecular flexibility index (Phi) is 5.67. The van der Waals surface area contributed by atoms with Gasteiger partial charge in [0.2, 0.25) is 5.91 Å². The minimum atomic E-state index is -2.89. The van der Waals surface area contributed by atoms with Gasteiger partial charge in [-0.15, -0.1) is 10.2 Å². The first-order valence-corrected chi connectivity index (χ1v) is 11.2. The molecule has 7 nitrogen and oxygen atoms in total. The second-order valence-electron chi connectivity index (χ2n) is 6.63. The van der Waals surface area contributed by atoms with E-state index in [2.05, 4.69) is 15.5 Å². The van der Waals surface area contributed by atoms with Gasteiger partial charge in [-0.2, -0.15) is 0 Å². The van der Waals surface area contributed by atoms with Crippen LogP contribution in [0.4, 0.5) is 5.69 Å². The molecule has 3 rings (SSSR count). The third kappa shape index (κ3) is 4.85. The van der Waals surface area contributed by atoms with E-state index in [1.54, 1.807) is 0 Å². The van der Waals surface area contributed by atoms with Crippen LogP contribution in [0.15, 0.2) is 29.4 Å². The van der Waals surface area contributed by atoms with Gasteiger partial charge >= 0.3 is 0 Å². The first-order valence-electron chi connectivity index (χ1n) is 8.40. The highest BCUT2D eigenvalue weighted by molar-refractivity contribution is 7.99. The number of sulfone groups is 1. The molecule has 1 atom stereocenters. The van der Waals surface area contributed by atoms with Gasteiger partial charge in [0.25, 0.3) is 0 Å². The molecule has 0 spiro atoms.